The third-order valence-corrected chi connectivity index (χ3v) is 3.30. The first-order valence-corrected chi connectivity index (χ1v) is 6.37. The predicted molar refractivity (Wildman–Crippen MR) is 69.3 cm³/mol. The van der Waals surface area contributed by atoms with E-state index in [1.807, 2.05) is 0 Å². The van der Waals surface area contributed by atoms with Crippen LogP contribution in [0.25, 0.3) is 0 Å². The van der Waals surface area contributed by atoms with Crippen molar-refractivity contribution in [3.05, 3.63) is 12.0 Å². The highest BCUT2D eigenvalue weighted by atomic mass is 16.6. The van der Waals surface area contributed by atoms with Gasteiger partial charge in [-0.25, -0.2) is 4.98 Å². The van der Waals surface area contributed by atoms with Gasteiger partial charge in [0.15, 0.2) is 12.0 Å². The van der Waals surface area contributed by atoms with E-state index in [1.54, 1.807) is 0 Å². The highest BCUT2D eigenvalue weighted by Gasteiger charge is 2.44. The maximum atomic E-state index is 11.4. The molecule has 2 rings (SSSR count). The Morgan fingerprint density at radius 3 is 2.76 bits per heavy atom. The minimum atomic E-state index is -1.29. The van der Waals surface area contributed by atoms with E-state index in [1.165, 1.54) is 17.8 Å². The van der Waals surface area contributed by atoms with E-state index >= 15 is 0 Å². The molecule has 9 heteroatoms. The van der Waals surface area contributed by atoms with Crippen molar-refractivity contribution in [1.82, 2.24) is 9.55 Å². The average Bonchev–Trinajstić information content (AvgIpc) is 2.94. The third-order valence-electron chi connectivity index (χ3n) is 3.30. The van der Waals surface area contributed by atoms with Crippen molar-refractivity contribution in [3.63, 3.8) is 0 Å². The van der Waals surface area contributed by atoms with Crippen molar-refractivity contribution < 1.29 is 29.6 Å². The molecule has 4 atom stereocenters. The molecule has 0 radical (unpaired) electrons. The smallest absolute Gasteiger partial charge is 0.212 e. The zero-order valence-electron chi connectivity index (χ0n) is 11.3. The lowest BCUT2D eigenvalue weighted by Crippen LogP contribution is -2.33. The lowest BCUT2D eigenvalue weighted by molar-refractivity contribution is -0.116. The lowest BCUT2D eigenvalue weighted by Gasteiger charge is -2.19. The Bertz CT molecular complexity index is 531. The van der Waals surface area contributed by atoms with Crippen LogP contribution in [0.1, 0.15) is 18.8 Å². The number of ether oxygens (including phenoxy) is 1. The second-order valence-corrected chi connectivity index (χ2v) is 4.82. The normalized spacial score (nSPS) is 28.6. The number of Topliss-reactive ketones (excluding diaryl/α,β-unsaturated/α-hetero) is 1. The lowest BCUT2D eigenvalue weighted by atomic mass is 10.1. The fourth-order valence-corrected chi connectivity index (χ4v) is 2.30. The summed E-state index contributed by atoms with van der Waals surface area (Å²) in [5, 5.41) is 31.2. The summed E-state index contributed by atoms with van der Waals surface area (Å²) in [5.41, 5.74) is 0.351. The van der Waals surface area contributed by atoms with Crippen LogP contribution in [0.3, 0.4) is 0 Å². The maximum absolute atomic E-state index is 11.4. The highest BCUT2D eigenvalue weighted by molar-refractivity contribution is 5.80. The SMILES string of the molecule is CC(=O)Cc1c(NC=O)ncn1[C@@H]1O[C@H](CO)[C@@H](O)[C@H]1O. The molecule has 4 N–H and O–H groups in total. The Labute approximate surface area is 120 Å². The van der Waals surface area contributed by atoms with Crippen molar-refractivity contribution in [2.75, 3.05) is 11.9 Å². The van der Waals surface area contributed by atoms with E-state index in [0.29, 0.717) is 12.1 Å². The molecule has 1 fully saturated rings. The van der Waals surface area contributed by atoms with Gasteiger partial charge in [-0.2, -0.15) is 0 Å². The number of hydrogen-bond acceptors (Lipinski definition) is 7. The minimum Gasteiger partial charge on any atom is -0.394 e. The molecule has 116 valence electrons. The van der Waals surface area contributed by atoms with Gasteiger partial charge in [0.2, 0.25) is 6.41 Å². The second-order valence-electron chi connectivity index (χ2n) is 4.82. The van der Waals surface area contributed by atoms with Gasteiger partial charge in [-0.1, -0.05) is 0 Å². The number of carbonyl (C=O) groups is 2. The van der Waals surface area contributed by atoms with E-state index in [0.717, 1.165) is 0 Å². The predicted octanol–water partition coefficient (Wildman–Crippen LogP) is -1.81. The van der Waals surface area contributed by atoms with Gasteiger partial charge in [0.1, 0.15) is 24.1 Å². The number of ketones is 1. The van der Waals surface area contributed by atoms with Crippen LogP contribution in [0.15, 0.2) is 6.33 Å². The zero-order valence-corrected chi connectivity index (χ0v) is 11.3. The molecule has 0 spiro atoms. The molecule has 0 bridgehead atoms. The molecule has 0 aromatic carbocycles. The summed E-state index contributed by atoms with van der Waals surface area (Å²) in [6.07, 6.45) is -2.77. The number of aliphatic hydroxyl groups is 3. The third kappa shape index (κ3) is 2.95. The van der Waals surface area contributed by atoms with Crippen molar-refractivity contribution in [2.24, 2.45) is 0 Å². The molecule has 0 unspecified atom stereocenters. The van der Waals surface area contributed by atoms with Gasteiger partial charge < -0.3 is 29.9 Å². The summed E-state index contributed by atoms with van der Waals surface area (Å²) in [5.74, 6) is 0.00961. The molecule has 1 saturated heterocycles. The fraction of sp³-hybridized carbons (Fsp3) is 0.583. The number of rotatable bonds is 6. The Kier molecular flexibility index (Phi) is 4.68. The first-order valence-electron chi connectivity index (χ1n) is 6.37. The van der Waals surface area contributed by atoms with E-state index in [2.05, 4.69) is 10.3 Å². The van der Waals surface area contributed by atoms with Gasteiger partial charge in [0.05, 0.1) is 25.0 Å². The monoisotopic (exact) mass is 299 g/mol. The van der Waals surface area contributed by atoms with Crippen LogP contribution in [0.4, 0.5) is 5.82 Å². The molecule has 2 heterocycles. The average molecular weight is 299 g/mol. The van der Waals surface area contributed by atoms with Crippen LogP contribution >= 0.6 is 0 Å². The van der Waals surface area contributed by atoms with E-state index in [9.17, 15) is 19.8 Å². The van der Waals surface area contributed by atoms with Gasteiger partial charge in [-0.3, -0.25) is 9.59 Å². The molecule has 0 saturated carbocycles. The summed E-state index contributed by atoms with van der Waals surface area (Å²) in [6.45, 7) is 0.921. The van der Waals surface area contributed by atoms with Crippen LogP contribution < -0.4 is 5.32 Å². The molecule has 1 aliphatic heterocycles. The number of carbonyl (C=O) groups excluding carboxylic acids is 2. The maximum Gasteiger partial charge on any atom is 0.212 e. The standard InChI is InChI=1S/C12H17N3O6/c1-6(18)2-7-11(14-5-17)13-4-15(7)12-10(20)9(19)8(3-16)21-12/h4-5,8-10,12,16,19-20H,2-3H2,1H3,(H,14,17)/t8-,9-,10-,12-/m1/s1. The largest absolute Gasteiger partial charge is 0.394 e. The van der Waals surface area contributed by atoms with Crippen LogP contribution in [-0.2, 0) is 20.7 Å². The Balaban J connectivity index is 2.35. The topological polar surface area (TPSA) is 134 Å². The zero-order chi connectivity index (χ0) is 15.6. The molecule has 1 aromatic rings. The van der Waals surface area contributed by atoms with Gasteiger partial charge in [-0.05, 0) is 6.92 Å². The van der Waals surface area contributed by atoms with Crippen molar-refractivity contribution in [2.45, 2.75) is 37.9 Å². The van der Waals surface area contributed by atoms with Gasteiger partial charge in [-0.15, -0.1) is 0 Å². The number of nitrogens with zero attached hydrogens (tertiary/aromatic N) is 2. The minimum absolute atomic E-state index is 0.0252. The van der Waals surface area contributed by atoms with E-state index in [-0.39, 0.29) is 18.0 Å². The summed E-state index contributed by atoms with van der Waals surface area (Å²) < 4.78 is 6.75. The van der Waals surface area contributed by atoms with Crippen LogP contribution in [0, 0.1) is 0 Å². The first-order chi connectivity index (χ1) is 9.99. The number of imidazole rings is 1. The molecule has 9 nitrogen and oxygen atoms in total. The van der Waals surface area contributed by atoms with Crippen molar-refractivity contribution >= 4 is 18.0 Å². The first kappa shape index (κ1) is 15.6. The van der Waals surface area contributed by atoms with Gasteiger partial charge in [0.25, 0.3) is 0 Å². The highest BCUT2D eigenvalue weighted by Crippen LogP contribution is 2.32. The number of aliphatic hydroxyl groups excluding tert-OH is 3. The quantitative estimate of drug-likeness (QED) is 0.455. The molecule has 0 aliphatic carbocycles. The van der Waals surface area contributed by atoms with Crippen LogP contribution in [0.5, 0.6) is 0 Å². The van der Waals surface area contributed by atoms with Crippen molar-refractivity contribution in [1.29, 1.82) is 0 Å². The Hall–Kier alpha value is -1.81. The fourth-order valence-electron chi connectivity index (χ4n) is 2.30. The second kappa shape index (κ2) is 6.31. The number of hydrogen-bond donors (Lipinski definition) is 4. The number of nitrogens with one attached hydrogen (secondary N) is 1. The molecule has 1 aromatic heterocycles. The van der Waals surface area contributed by atoms with Gasteiger partial charge in [0, 0.05) is 0 Å². The Morgan fingerprint density at radius 2 is 2.24 bits per heavy atom. The number of aromatic nitrogens is 2. The number of amides is 1. The van der Waals surface area contributed by atoms with Gasteiger partial charge >= 0.3 is 0 Å². The van der Waals surface area contributed by atoms with Crippen molar-refractivity contribution in [3.8, 4) is 0 Å². The summed E-state index contributed by atoms with van der Waals surface area (Å²) in [6, 6.07) is 0. The van der Waals surface area contributed by atoms with Crippen LogP contribution in [0.2, 0.25) is 0 Å². The Morgan fingerprint density at radius 1 is 1.52 bits per heavy atom. The van der Waals surface area contributed by atoms with E-state index < -0.39 is 31.1 Å². The summed E-state index contributed by atoms with van der Waals surface area (Å²) in [7, 11) is 0. The molecular formula is C12H17N3O6. The summed E-state index contributed by atoms with van der Waals surface area (Å²) >= 11 is 0. The van der Waals surface area contributed by atoms with E-state index in [4.69, 9.17) is 9.84 Å². The summed E-state index contributed by atoms with van der Waals surface area (Å²) in [4.78, 5) is 25.9. The number of anilines is 1. The molecule has 1 aliphatic rings. The molecular weight excluding hydrogens is 282 g/mol. The van der Waals surface area contributed by atoms with Crippen LogP contribution in [-0.4, -0.2) is 62.0 Å². The molecule has 1 amide bonds. The molecule has 21 heavy (non-hydrogen) atoms.